The predicted octanol–water partition coefficient (Wildman–Crippen LogP) is 3.26. The minimum Gasteiger partial charge on any atom is -0.469 e. The van der Waals surface area contributed by atoms with Crippen molar-refractivity contribution in [2.24, 2.45) is 0 Å². The highest BCUT2D eigenvalue weighted by atomic mass is 16.3. The third-order valence-corrected chi connectivity index (χ3v) is 4.17. The number of carbonyl (C=O) groups is 1. The van der Waals surface area contributed by atoms with Crippen LogP contribution in [0.5, 0.6) is 0 Å². The Morgan fingerprint density at radius 3 is 3.17 bits per heavy atom. The van der Waals surface area contributed by atoms with Gasteiger partial charge < -0.3 is 15.1 Å². The van der Waals surface area contributed by atoms with Gasteiger partial charge in [-0.25, -0.2) is 4.79 Å². The van der Waals surface area contributed by atoms with Gasteiger partial charge in [0.15, 0.2) is 0 Å². The molecule has 0 fully saturated rings. The molecular weight excluding hydrogens is 306 g/mol. The van der Waals surface area contributed by atoms with E-state index in [1.54, 1.807) is 18.7 Å². The van der Waals surface area contributed by atoms with Gasteiger partial charge in [-0.15, -0.1) is 0 Å². The second-order valence-electron chi connectivity index (χ2n) is 5.72. The van der Waals surface area contributed by atoms with Crippen molar-refractivity contribution in [2.45, 2.75) is 25.3 Å². The second-order valence-corrected chi connectivity index (χ2v) is 5.72. The van der Waals surface area contributed by atoms with Crippen LogP contribution in [-0.4, -0.2) is 21.2 Å². The molecule has 0 aromatic carbocycles. The molecule has 4 rings (SSSR count). The van der Waals surface area contributed by atoms with Crippen LogP contribution in [0.3, 0.4) is 0 Å². The first-order valence-electron chi connectivity index (χ1n) is 7.90. The fraction of sp³-hybridized carbons (Fsp3) is 0.235. The Labute approximate surface area is 138 Å². The summed E-state index contributed by atoms with van der Waals surface area (Å²) in [5.74, 6) is 0.962. The molecule has 0 saturated heterocycles. The summed E-state index contributed by atoms with van der Waals surface area (Å²) in [6.45, 7) is 0. The summed E-state index contributed by atoms with van der Waals surface area (Å²) >= 11 is 0. The Morgan fingerprint density at radius 1 is 1.33 bits per heavy atom. The molecule has 0 aliphatic heterocycles. The molecule has 3 aromatic rings. The van der Waals surface area contributed by atoms with E-state index in [1.165, 1.54) is 0 Å². The van der Waals surface area contributed by atoms with Crippen molar-refractivity contribution in [3.05, 3.63) is 54.2 Å². The van der Waals surface area contributed by atoms with Gasteiger partial charge in [0, 0.05) is 18.2 Å². The Hall–Kier alpha value is -3.09. The number of hydrogen-bond donors (Lipinski definition) is 3. The van der Waals surface area contributed by atoms with E-state index in [2.05, 4.69) is 25.8 Å². The molecule has 3 N–H and O–H groups in total. The number of hydrogen-bond acceptors (Lipinski definition) is 4. The van der Waals surface area contributed by atoms with E-state index in [0.29, 0.717) is 11.4 Å². The average molecular weight is 323 g/mol. The summed E-state index contributed by atoms with van der Waals surface area (Å²) in [4.78, 5) is 16.7. The molecule has 0 saturated carbocycles. The van der Waals surface area contributed by atoms with Gasteiger partial charge in [-0.3, -0.25) is 10.1 Å². The molecule has 0 radical (unpaired) electrons. The number of aromatic nitrogens is 3. The number of carbonyl (C=O) groups excluding carboxylic acids is 1. The Bertz CT molecular complexity index is 840. The maximum absolute atomic E-state index is 12.4. The van der Waals surface area contributed by atoms with Crippen LogP contribution in [0.25, 0.3) is 11.4 Å². The SMILES string of the molecule is O=C(Nc1cn[nH]c1-c1ccccn1)N[C@@H]1CCCc2occc21. The standard InChI is InChI=1S/C17H17N5O2/c23-17(20-12-5-3-6-15-11(12)7-9-24-15)21-14-10-19-22-16(14)13-4-1-2-8-18-13/h1-2,4,7-10,12H,3,5-6H2,(H,19,22)(H2,20,21,23)/t12-/m1/s1. The normalized spacial score (nSPS) is 16.4. The van der Waals surface area contributed by atoms with Gasteiger partial charge in [0.1, 0.15) is 11.5 Å². The van der Waals surface area contributed by atoms with E-state index < -0.39 is 0 Å². The van der Waals surface area contributed by atoms with E-state index in [1.807, 2.05) is 24.3 Å². The van der Waals surface area contributed by atoms with Gasteiger partial charge in [0.2, 0.25) is 0 Å². The quantitative estimate of drug-likeness (QED) is 0.689. The molecular formula is C17H17N5O2. The van der Waals surface area contributed by atoms with Crippen LogP contribution >= 0.6 is 0 Å². The van der Waals surface area contributed by atoms with Crippen molar-refractivity contribution in [3.63, 3.8) is 0 Å². The number of aryl methyl sites for hydroxylation is 1. The molecule has 3 aromatic heterocycles. The predicted molar refractivity (Wildman–Crippen MR) is 88.4 cm³/mol. The van der Waals surface area contributed by atoms with Crippen LogP contribution in [0.15, 0.2) is 47.3 Å². The molecule has 1 aliphatic carbocycles. The first-order valence-corrected chi connectivity index (χ1v) is 7.90. The molecule has 3 heterocycles. The highest BCUT2D eigenvalue weighted by Crippen LogP contribution is 2.30. The molecule has 7 heteroatoms. The first-order chi connectivity index (χ1) is 11.8. The van der Waals surface area contributed by atoms with E-state index in [-0.39, 0.29) is 12.1 Å². The smallest absolute Gasteiger partial charge is 0.319 e. The van der Waals surface area contributed by atoms with Crippen LogP contribution in [0.2, 0.25) is 0 Å². The Balaban J connectivity index is 1.48. The number of H-pyrrole nitrogens is 1. The van der Waals surface area contributed by atoms with Crippen LogP contribution < -0.4 is 10.6 Å². The number of aromatic amines is 1. The molecule has 0 bridgehead atoms. The van der Waals surface area contributed by atoms with Crippen molar-refractivity contribution >= 4 is 11.7 Å². The lowest BCUT2D eigenvalue weighted by atomic mass is 9.93. The molecule has 1 aliphatic rings. The third kappa shape index (κ3) is 2.76. The number of nitrogens with zero attached hydrogens (tertiary/aromatic N) is 2. The maximum Gasteiger partial charge on any atom is 0.319 e. The number of amides is 2. The number of anilines is 1. The van der Waals surface area contributed by atoms with E-state index in [9.17, 15) is 4.79 Å². The number of furan rings is 1. The number of urea groups is 1. The summed E-state index contributed by atoms with van der Waals surface area (Å²) in [5, 5.41) is 12.7. The zero-order chi connectivity index (χ0) is 16.4. The molecule has 122 valence electrons. The van der Waals surface area contributed by atoms with E-state index in [4.69, 9.17) is 4.42 Å². The van der Waals surface area contributed by atoms with Crippen LogP contribution in [0.4, 0.5) is 10.5 Å². The van der Waals surface area contributed by atoms with Crippen molar-refractivity contribution < 1.29 is 9.21 Å². The number of pyridine rings is 1. The minimum atomic E-state index is -0.271. The number of rotatable bonds is 3. The topological polar surface area (TPSA) is 95.8 Å². The number of fused-ring (bicyclic) bond motifs is 1. The van der Waals surface area contributed by atoms with Crippen LogP contribution in [0.1, 0.15) is 30.2 Å². The van der Waals surface area contributed by atoms with Crippen molar-refractivity contribution in [1.29, 1.82) is 0 Å². The fourth-order valence-corrected chi connectivity index (χ4v) is 3.04. The molecule has 24 heavy (non-hydrogen) atoms. The van der Waals surface area contributed by atoms with Gasteiger partial charge >= 0.3 is 6.03 Å². The Morgan fingerprint density at radius 2 is 2.29 bits per heavy atom. The van der Waals surface area contributed by atoms with Gasteiger partial charge in [0.25, 0.3) is 0 Å². The van der Waals surface area contributed by atoms with Gasteiger partial charge in [-0.05, 0) is 31.0 Å². The maximum atomic E-state index is 12.4. The van der Waals surface area contributed by atoms with Gasteiger partial charge in [0.05, 0.1) is 29.9 Å². The van der Waals surface area contributed by atoms with Crippen molar-refractivity contribution in [3.8, 4) is 11.4 Å². The molecule has 2 amide bonds. The summed E-state index contributed by atoms with van der Waals surface area (Å²) in [6.07, 6.45) is 7.77. The molecule has 1 atom stereocenters. The van der Waals surface area contributed by atoms with Crippen molar-refractivity contribution in [1.82, 2.24) is 20.5 Å². The Kier molecular flexibility index (Phi) is 3.74. The summed E-state index contributed by atoms with van der Waals surface area (Å²) < 4.78 is 5.46. The van der Waals surface area contributed by atoms with Gasteiger partial charge in [-0.1, -0.05) is 6.07 Å². The summed E-state index contributed by atoms with van der Waals surface area (Å²) in [7, 11) is 0. The average Bonchev–Trinajstić information content (AvgIpc) is 3.25. The number of nitrogens with one attached hydrogen (secondary N) is 3. The van der Waals surface area contributed by atoms with E-state index in [0.717, 1.165) is 36.3 Å². The molecule has 7 nitrogen and oxygen atoms in total. The molecule has 0 spiro atoms. The van der Waals surface area contributed by atoms with Crippen LogP contribution in [-0.2, 0) is 6.42 Å². The third-order valence-electron chi connectivity index (χ3n) is 4.17. The highest BCUT2D eigenvalue weighted by Gasteiger charge is 2.24. The van der Waals surface area contributed by atoms with Gasteiger partial charge in [-0.2, -0.15) is 5.10 Å². The zero-order valence-electron chi connectivity index (χ0n) is 13.0. The monoisotopic (exact) mass is 323 g/mol. The van der Waals surface area contributed by atoms with Crippen LogP contribution in [0, 0.1) is 0 Å². The highest BCUT2D eigenvalue weighted by molar-refractivity contribution is 5.93. The lowest BCUT2D eigenvalue weighted by molar-refractivity contribution is 0.246. The first kappa shape index (κ1) is 14.5. The summed E-state index contributed by atoms with van der Waals surface area (Å²) in [5.41, 5.74) is 3.06. The molecule has 0 unspecified atom stereocenters. The zero-order valence-corrected chi connectivity index (χ0v) is 13.0. The van der Waals surface area contributed by atoms with E-state index >= 15 is 0 Å². The largest absolute Gasteiger partial charge is 0.469 e. The second kappa shape index (κ2) is 6.19. The summed E-state index contributed by atoms with van der Waals surface area (Å²) in [6, 6.07) is 7.21. The lowest BCUT2D eigenvalue weighted by Gasteiger charge is -2.22. The minimum absolute atomic E-state index is 0.0299. The fourth-order valence-electron chi connectivity index (χ4n) is 3.04. The van der Waals surface area contributed by atoms with Crippen molar-refractivity contribution in [2.75, 3.05) is 5.32 Å². The lowest BCUT2D eigenvalue weighted by Crippen LogP contribution is -2.34.